The van der Waals surface area contributed by atoms with E-state index in [2.05, 4.69) is 5.32 Å². The number of halogens is 1. The van der Waals surface area contributed by atoms with Crippen LogP contribution in [0, 0.1) is 5.82 Å². The third-order valence-corrected chi connectivity index (χ3v) is 3.46. The molecule has 1 aliphatic rings. The quantitative estimate of drug-likeness (QED) is 0.921. The number of amides is 1. The molecule has 0 spiro atoms. The average molecular weight is 317 g/mol. The van der Waals surface area contributed by atoms with Crippen LogP contribution in [0.2, 0.25) is 0 Å². The van der Waals surface area contributed by atoms with Crippen molar-refractivity contribution in [3.05, 3.63) is 53.8 Å². The van der Waals surface area contributed by atoms with E-state index >= 15 is 0 Å². The van der Waals surface area contributed by atoms with Crippen molar-refractivity contribution in [2.75, 3.05) is 13.4 Å². The number of ether oxygens (including phenoxy) is 3. The predicted octanol–water partition coefficient (Wildman–Crippen LogP) is 2.81. The van der Waals surface area contributed by atoms with Crippen LogP contribution in [0.3, 0.4) is 0 Å². The summed E-state index contributed by atoms with van der Waals surface area (Å²) >= 11 is 0. The van der Waals surface area contributed by atoms with Crippen LogP contribution >= 0.6 is 0 Å². The summed E-state index contributed by atoms with van der Waals surface area (Å²) in [5, 5.41) is 2.80. The van der Waals surface area contributed by atoms with E-state index in [-0.39, 0.29) is 31.2 Å². The fourth-order valence-corrected chi connectivity index (χ4v) is 2.23. The zero-order valence-electron chi connectivity index (χ0n) is 12.5. The molecule has 0 bridgehead atoms. The molecule has 120 valence electrons. The molecule has 1 aliphatic heterocycles. The van der Waals surface area contributed by atoms with E-state index in [1.807, 2.05) is 6.92 Å². The molecule has 2 aromatic carbocycles. The van der Waals surface area contributed by atoms with Gasteiger partial charge < -0.3 is 19.5 Å². The molecule has 1 N–H and O–H groups in total. The Morgan fingerprint density at radius 2 is 1.96 bits per heavy atom. The molecule has 1 unspecified atom stereocenters. The Morgan fingerprint density at radius 3 is 2.74 bits per heavy atom. The molecular weight excluding hydrogens is 301 g/mol. The lowest BCUT2D eigenvalue weighted by atomic mass is 10.1. The Morgan fingerprint density at radius 1 is 1.22 bits per heavy atom. The summed E-state index contributed by atoms with van der Waals surface area (Å²) in [5.41, 5.74) is 0.822. The minimum atomic E-state index is -0.307. The van der Waals surface area contributed by atoms with Crippen molar-refractivity contribution in [3.8, 4) is 17.2 Å². The van der Waals surface area contributed by atoms with Crippen molar-refractivity contribution in [1.82, 2.24) is 5.32 Å². The molecule has 6 heteroatoms. The number of hydrogen-bond acceptors (Lipinski definition) is 4. The van der Waals surface area contributed by atoms with Crippen molar-refractivity contribution in [1.29, 1.82) is 0 Å². The van der Waals surface area contributed by atoms with Gasteiger partial charge in [-0.3, -0.25) is 4.79 Å². The summed E-state index contributed by atoms with van der Waals surface area (Å²) in [6.07, 6.45) is 0. The average Bonchev–Trinajstić information content (AvgIpc) is 3.01. The molecule has 1 atom stereocenters. The number of carbonyl (C=O) groups excluding carboxylic acids is 1. The first-order valence-electron chi connectivity index (χ1n) is 7.19. The Hall–Kier alpha value is -2.76. The summed E-state index contributed by atoms with van der Waals surface area (Å²) in [6.45, 7) is 1.89. The molecule has 0 fully saturated rings. The summed E-state index contributed by atoms with van der Waals surface area (Å²) in [6, 6.07) is 10.9. The first-order valence-corrected chi connectivity index (χ1v) is 7.19. The van der Waals surface area contributed by atoms with Gasteiger partial charge in [0.15, 0.2) is 18.1 Å². The van der Waals surface area contributed by atoms with Gasteiger partial charge in [-0.25, -0.2) is 4.39 Å². The summed E-state index contributed by atoms with van der Waals surface area (Å²) in [7, 11) is 0. The van der Waals surface area contributed by atoms with E-state index in [1.165, 1.54) is 12.1 Å². The molecular formula is C17H16FNO4. The van der Waals surface area contributed by atoms with Crippen LogP contribution in [0.25, 0.3) is 0 Å². The number of fused-ring (bicyclic) bond motifs is 1. The minimum absolute atomic E-state index is 0.120. The Balaban J connectivity index is 1.52. The second-order valence-corrected chi connectivity index (χ2v) is 5.14. The lowest BCUT2D eigenvalue weighted by molar-refractivity contribution is -0.123. The van der Waals surface area contributed by atoms with Crippen molar-refractivity contribution < 1.29 is 23.4 Å². The molecule has 2 aromatic rings. The molecule has 0 radical (unpaired) electrons. The van der Waals surface area contributed by atoms with Gasteiger partial charge in [-0.2, -0.15) is 0 Å². The third kappa shape index (κ3) is 3.71. The van der Waals surface area contributed by atoms with Gasteiger partial charge in [-0.1, -0.05) is 12.1 Å². The highest BCUT2D eigenvalue weighted by Gasteiger charge is 2.15. The second kappa shape index (κ2) is 6.56. The van der Waals surface area contributed by atoms with E-state index < -0.39 is 0 Å². The molecule has 0 aliphatic carbocycles. The Bertz CT molecular complexity index is 702. The Kier molecular flexibility index (Phi) is 4.32. The standard InChI is InChI=1S/C17H16FNO4/c1-11(12-2-4-13(18)5-3-12)19-17(20)9-21-14-6-7-15-16(8-14)23-10-22-15/h2-8,11H,9-10H2,1H3,(H,19,20). The van der Waals surface area contributed by atoms with Gasteiger partial charge in [0.05, 0.1) is 6.04 Å². The smallest absolute Gasteiger partial charge is 0.258 e. The van der Waals surface area contributed by atoms with E-state index in [0.717, 1.165) is 5.56 Å². The fraction of sp³-hybridized carbons (Fsp3) is 0.235. The minimum Gasteiger partial charge on any atom is -0.484 e. The van der Waals surface area contributed by atoms with E-state index in [9.17, 15) is 9.18 Å². The zero-order valence-corrected chi connectivity index (χ0v) is 12.5. The molecule has 1 heterocycles. The van der Waals surface area contributed by atoms with E-state index in [4.69, 9.17) is 14.2 Å². The van der Waals surface area contributed by atoms with Gasteiger partial charge in [-0.05, 0) is 36.8 Å². The van der Waals surface area contributed by atoms with Crippen LogP contribution < -0.4 is 19.5 Å². The van der Waals surface area contributed by atoms with Gasteiger partial charge in [0.1, 0.15) is 11.6 Å². The van der Waals surface area contributed by atoms with Crippen LogP contribution in [0.4, 0.5) is 4.39 Å². The fourth-order valence-electron chi connectivity index (χ4n) is 2.23. The molecule has 3 rings (SSSR count). The maximum Gasteiger partial charge on any atom is 0.258 e. The van der Waals surface area contributed by atoms with Crippen molar-refractivity contribution in [2.24, 2.45) is 0 Å². The number of rotatable bonds is 5. The van der Waals surface area contributed by atoms with Crippen molar-refractivity contribution in [3.63, 3.8) is 0 Å². The van der Waals surface area contributed by atoms with Gasteiger partial charge in [0, 0.05) is 6.07 Å². The first kappa shape index (κ1) is 15.1. The molecule has 1 amide bonds. The molecule has 0 aromatic heterocycles. The maximum absolute atomic E-state index is 12.9. The normalized spacial score (nSPS) is 13.5. The summed E-state index contributed by atoms with van der Waals surface area (Å²) in [4.78, 5) is 11.9. The largest absolute Gasteiger partial charge is 0.484 e. The summed E-state index contributed by atoms with van der Waals surface area (Å²) < 4.78 is 28.8. The predicted molar refractivity (Wildman–Crippen MR) is 81.0 cm³/mol. The lowest BCUT2D eigenvalue weighted by Gasteiger charge is -2.14. The van der Waals surface area contributed by atoms with Crippen molar-refractivity contribution in [2.45, 2.75) is 13.0 Å². The second-order valence-electron chi connectivity index (χ2n) is 5.14. The van der Waals surface area contributed by atoms with Gasteiger partial charge in [0.2, 0.25) is 6.79 Å². The van der Waals surface area contributed by atoms with Gasteiger partial charge in [-0.15, -0.1) is 0 Å². The zero-order chi connectivity index (χ0) is 16.2. The van der Waals surface area contributed by atoms with Crippen LogP contribution in [-0.4, -0.2) is 19.3 Å². The van der Waals surface area contributed by atoms with Crippen LogP contribution in [0.15, 0.2) is 42.5 Å². The van der Waals surface area contributed by atoms with E-state index in [0.29, 0.717) is 17.2 Å². The number of carbonyl (C=O) groups is 1. The van der Waals surface area contributed by atoms with Crippen LogP contribution in [-0.2, 0) is 4.79 Å². The maximum atomic E-state index is 12.9. The molecule has 0 saturated carbocycles. The Labute approximate surface area is 133 Å². The number of hydrogen-bond donors (Lipinski definition) is 1. The highest BCUT2D eigenvalue weighted by Crippen LogP contribution is 2.35. The van der Waals surface area contributed by atoms with Crippen LogP contribution in [0.5, 0.6) is 17.2 Å². The van der Waals surface area contributed by atoms with Crippen LogP contribution in [0.1, 0.15) is 18.5 Å². The summed E-state index contributed by atoms with van der Waals surface area (Å²) in [5.74, 6) is 1.21. The highest BCUT2D eigenvalue weighted by atomic mass is 19.1. The van der Waals surface area contributed by atoms with E-state index in [1.54, 1.807) is 30.3 Å². The lowest BCUT2D eigenvalue weighted by Crippen LogP contribution is -2.31. The highest BCUT2D eigenvalue weighted by molar-refractivity contribution is 5.78. The van der Waals surface area contributed by atoms with Gasteiger partial charge in [0.25, 0.3) is 5.91 Å². The molecule has 5 nitrogen and oxygen atoms in total. The topological polar surface area (TPSA) is 56.8 Å². The van der Waals surface area contributed by atoms with Crippen molar-refractivity contribution >= 4 is 5.91 Å². The first-order chi connectivity index (χ1) is 11.1. The molecule has 0 saturated heterocycles. The van der Waals surface area contributed by atoms with Gasteiger partial charge >= 0.3 is 0 Å². The SMILES string of the molecule is CC(NC(=O)COc1ccc2c(c1)OCO2)c1ccc(F)cc1. The number of nitrogens with one attached hydrogen (secondary N) is 1. The third-order valence-electron chi connectivity index (χ3n) is 3.46. The molecule has 23 heavy (non-hydrogen) atoms. The number of benzene rings is 2. The monoisotopic (exact) mass is 317 g/mol.